The summed E-state index contributed by atoms with van der Waals surface area (Å²) in [5.74, 6) is 0.703. The van der Waals surface area contributed by atoms with Crippen molar-refractivity contribution in [2.45, 2.75) is 43.6 Å². The summed E-state index contributed by atoms with van der Waals surface area (Å²) in [5.41, 5.74) is 7.72. The normalized spacial score (nSPS) is 21.4. The number of hydrogen-bond donors (Lipinski definition) is 1. The molecule has 0 aliphatic heterocycles. The summed E-state index contributed by atoms with van der Waals surface area (Å²) in [4.78, 5) is 6.82. The maximum absolute atomic E-state index is 6.12. The molecule has 0 bridgehead atoms. The molecular weight excluding hydrogens is 314 g/mol. The molecule has 20 heavy (non-hydrogen) atoms. The van der Waals surface area contributed by atoms with E-state index >= 15 is 0 Å². The molecule has 2 N–H and O–H groups in total. The smallest absolute Gasteiger partial charge is 0.191 e. The minimum Gasteiger partial charge on any atom is -0.370 e. The minimum atomic E-state index is 0.207. The van der Waals surface area contributed by atoms with Crippen molar-refractivity contribution < 1.29 is 0 Å². The maximum Gasteiger partial charge on any atom is 0.191 e. The predicted octanol–water partition coefficient (Wildman–Crippen LogP) is 3.28. The van der Waals surface area contributed by atoms with Gasteiger partial charge >= 0.3 is 0 Å². The molecule has 0 atom stereocenters. The third-order valence-electron chi connectivity index (χ3n) is 4.75. The van der Waals surface area contributed by atoms with E-state index < -0.39 is 0 Å². The lowest BCUT2D eigenvalue weighted by Crippen LogP contribution is -2.41. The van der Waals surface area contributed by atoms with Crippen molar-refractivity contribution in [3.8, 4) is 0 Å². The van der Waals surface area contributed by atoms with E-state index in [0.29, 0.717) is 12.0 Å². The van der Waals surface area contributed by atoms with E-state index in [0.717, 1.165) is 11.0 Å². The minimum absolute atomic E-state index is 0.207. The van der Waals surface area contributed by atoms with E-state index in [4.69, 9.17) is 10.7 Å². The van der Waals surface area contributed by atoms with Gasteiger partial charge in [-0.2, -0.15) is 0 Å². The van der Waals surface area contributed by atoms with Crippen LogP contribution in [0.3, 0.4) is 0 Å². The fourth-order valence-corrected chi connectivity index (χ4v) is 3.35. The van der Waals surface area contributed by atoms with Gasteiger partial charge in [-0.1, -0.05) is 34.5 Å². The molecule has 0 heterocycles. The van der Waals surface area contributed by atoms with Gasteiger partial charge in [0.15, 0.2) is 5.96 Å². The van der Waals surface area contributed by atoms with Gasteiger partial charge in [-0.3, -0.25) is 4.99 Å². The van der Waals surface area contributed by atoms with Gasteiger partial charge in [0.1, 0.15) is 0 Å². The summed E-state index contributed by atoms with van der Waals surface area (Å²) >= 11 is 3.57. The van der Waals surface area contributed by atoms with Crippen LogP contribution in [0.5, 0.6) is 0 Å². The summed E-state index contributed by atoms with van der Waals surface area (Å²) in [7, 11) is 2.06. The fourth-order valence-electron chi connectivity index (χ4n) is 2.95. The first kappa shape index (κ1) is 13.9. The molecule has 3 rings (SSSR count). The molecule has 2 fully saturated rings. The Kier molecular flexibility index (Phi) is 3.76. The Hall–Kier alpha value is -1.03. The molecule has 1 aromatic rings. The molecule has 0 spiro atoms. The topological polar surface area (TPSA) is 41.6 Å². The molecule has 2 aliphatic carbocycles. The molecule has 108 valence electrons. The van der Waals surface area contributed by atoms with Gasteiger partial charge in [-0.25, -0.2) is 0 Å². The number of benzene rings is 1. The van der Waals surface area contributed by atoms with Crippen molar-refractivity contribution in [2.75, 3.05) is 13.6 Å². The Bertz CT molecular complexity index is 518. The van der Waals surface area contributed by atoms with Crippen LogP contribution >= 0.6 is 15.9 Å². The standard InChI is InChI=1S/C16H22BrN3/c1-20(14-6-7-14)15(18)19-11-16(8-3-9-16)12-4-2-5-13(17)10-12/h2,4-5,10,14H,3,6-9,11H2,1H3,(H2,18,19). The second-order valence-corrected chi connectivity index (χ2v) is 7.08. The van der Waals surface area contributed by atoms with Crippen molar-refractivity contribution in [3.63, 3.8) is 0 Å². The molecule has 2 saturated carbocycles. The summed E-state index contributed by atoms with van der Waals surface area (Å²) in [5, 5.41) is 0. The Morgan fingerprint density at radius 1 is 1.45 bits per heavy atom. The Balaban J connectivity index is 1.74. The van der Waals surface area contributed by atoms with Crippen LogP contribution in [0.2, 0.25) is 0 Å². The molecule has 0 aromatic heterocycles. The molecule has 2 aliphatic rings. The molecule has 0 saturated heterocycles. The van der Waals surface area contributed by atoms with Crippen LogP contribution in [-0.2, 0) is 5.41 Å². The van der Waals surface area contributed by atoms with Gasteiger partial charge in [0.05, 0.1) is 6.54 Å². The van der Waals surface area contributed by atoms with Crippen molar-refractivity contribution in [3.05, 3.63) is 34.3 Å². The summed E-state index contributed by atoms with van der Waals surface area (Å²) in [6, 6.07) is 9.27. The number of nitrogens with two attached hydrogens (primary N) is 1. The highest BCUT2D eigenvalue weighted by Crippen LogP contribution is 2.44. The van der Waals surface area contributed by atoms with Gasteiger partial charge in [0, 0.05) is 23.0 Å². The largest absolute Gasteiger partial charge is 0.370 e. The number of hydrogen-bond acceptors (Lipinski definition) is 1. The number of rotatable bonds is 4. The first-order valence-corrected chi connectivity index (χ1v) is 8.19. The lowest BCUT2D eigenvalue weighted by molar-refractivity contribution is 0.252. The second kappa shape index (κ2) is 5.40. The van der Waals surface area contributed by atoms with Gasteiger partial charge in [-0.05, 0) is 43.4 Å². The van der Waals surface area contributed by atoms with Gasteiger partial charge in [0.2, 0.25) is 0 Å². The highest BCUT2D eigenvalue weighted by atomic mass is 79.9. The van der Waals surface area contributed by atoms with Gasteiger partial charge in [0.25, 0.3) is 0 Å². The van der Waals surface area contributed by atoms with Crippen LogP contribution in [0.1, 0.15) is 37.7 Å². The summed E-state index contributed by atoms with van der Waals surface area (Å²) in [6.07, 6.45) is 6.23. The molecule has 0 amide bonds. The highest BCUT2D eigenvalue weighted by Gasteiger charge is 2.39. The Morgan fingerprint density at radius 3 is 2.75 bits per heavy atom. The van der Waals surface area contributed by atoms with Crippen LogP contribution in [0.4, 0.5) is 0 Å². The van der Waals surface area contributed by atoms with Crippen molar-refractivity contribution in [1.82, 2.24) is 4.90 Å². The van der Waals surface area contributed by atoms with Crippen LogP contribution in [0.25, 0.3) is 0 Å². The van der Waals surface area contributed by atoms with E-state index in [9.17, 15) is 0 Å². The van der Waals surface area contributed by atoms with E-state index in [1.165, 1.54) is 37.7 Å². The van der Waals surface area contributed by atoms with E-state index in [1.54, 1.807) is 0 Å². The van der Waals surface area contributed by atoms with E-state index in [-0.39, 0.29) is 5.41 Å². The van der Waals surface area contributed by atoms with Crippen molar-refractivity contribution in [1.29, 1.82) is 0 Å². The van der Waals surface area contributed by atoms with Gasteiger partial charge < -0.3 is 10.6 Å². The zero-order chi connectivity index (χ0) is 14.2. The monoisotopic (exact) mass is 335 g/mol. The first-order chi connectivity index (χ1) is 9.61. The Morgan fingerprint density at radius 2 is 2.20 bits per heavy atom. The highest BCUT2D eigenvalue weighted by molar-refractivity contribution is 9.10. The number of halogens is 1. The van der Waals surface area contributed by atoms with Crippen LogP contribution < -0.4 is 5.73 Å². The number of aliphatic imine (C=N–C) groups is 1. The third-order valence-corrected chi connectivity index (χ3v) is 5.24. The number of guanidine groups is 1. The van der Waals surface area contributed by atoms with Crippen LogP contribution in [0.15, 0.2) is 33.7 Å². The first-order valence-electron chi connectivity index (χ1n) is 7.40. The average Bonchev–Trinajstić information content (AvgIpc) is 3.20. The molecule has 0 unspecified atom stereocenters. The summed E-state index contributed by atoms with van der Waals surface area (Å²) in [6.45, 7) is 0.812. The van der Waals surface area contributed by atoms with Crippen molar-refractivity contribution >= 4 is 21.9 Å². The molecular formula is C16H22BrN3. The fraction of sp³-hybridized carbons (Fsp3) is 0.562. The molecule has 0 radical (unpaired) electrons. The quantitative estimate of drug-likeness (QED) is 0.677. The zero-order valence-electron chi connectivity index (χ0n) is 12.0. The molecule has 4 heteroatoms. The van der Waals surface area contributed by atoms with Crippen LogP contribution in [0, 0.1) is 0 Å². The van der Waals surface area contributed by atoms with E-state index in [2.05, 4.69) is 52.1 Å². The third kappa shape index (κ3) is 2.71. The zero-order valence-corrected chi connectivity index (χ0v) is 13.6. The van der Waals surface area contributed by atoms with E-state index in [1.807, 2.05) is 0 Å². The Labute approximate surface area is 129 Å². The average molecular weight is 336 g/mol. The second-order valence-electron chi connectivity index (χ2n) is 6.16. The van der Waals surface area contributed by atoms with Gasteiger partial charge in [-0.15, -0.1) is 0 Å². The molecule has 3 nitrogen and oxygen atoms in total. The molecule has 1 aromatic carbocycles. The van der Waals surface area contributed by atoms with Crippen molar-refractivity contribution in [2.24, 2.45) is 10.7 Å². The lowest BCUT2D eigenvalue weighted by Gasteiger charge is -2.41. The predicted molar refractivity (Wildman–Crippen MR) is 86.9 cm³/mol. The van der Waals surface area contributed by atoms with Crippen LogP contribution in [-0.4, -0.2) is 30.5 Å². The number of nitrogens with zero attached hydrogens (tertiary/aromatic N) is 2. The maximum atomic E-state index is 6.12. The SMILES string of the molecule is CN(C(N)=NCC1(c2cccc(Br)c2)CCC1)C1CC1. The summed E-state index contributed by atoms with van der Waals surface area (Å²) < 4.78 is 1.15. The lowest BCUT2D eigenvalue weighted by atomic mass is 9.64.